The molecule has 2 aromatic heterocycles. The second-order valence-electron chi connectivity index (χ2n) is 4.60. The smallest absolute Gasteiger partial charge is 0.332 e. The molecule has 6 nitrogen and oxygen atoms in total. The predicted octanol–water partition coefficient (Wildman–Crippen LogP) is 0.533. The summed E-state index contributed by atoms with van der Waals surface area (Å²) in [5.41, 5.74) is 1.71. The molecule has 0 aromatic carbocycles. The Morgan fingerprint density at radius 2 is 1.53 bits per heavy atom. The van der Waals surface area contributed by atoms with Gasteiger partial charge in [0.25, 0.3) is 5.56 Å². The van der Waals surface area contributed by atoms with Crippen molar-refractivity contribution in [1.29, 1.82) is 0 Å². The Kier molecular flexibility index (Phi) is 3.09. The minimum atomic E-state index is -0.347. The average molecular weight is 262 g/mol. The third kappa shape index (κ3) is 1.80. The third-order valence-corrected chi connectivity index (χ3v) is 3.37. The molecule has 102 valence electrons. The second kappa shape index (κ2) is 4.46. The molecule has 6 heteroatoms. The van der Waals surface area contributed by atoms with Crippen molar-refractivity contribution in [3.8, 4) is 5.69 Å². The van der Waals surface area contributed by atoms with Gasteiger partial charge in [0.05, 0.1) is 0 Å². The first-order valence-electron chi connectivity index (χ1n) is 6.03. The molecule has 0 spiro atoms. The van der Waals surface area contributed by atoms with E-state index in [0.717, 1.165) is 16.0 Å². The molecule has 0 aliphatic heterocycles. The van der Waals surface area contributed by atoms with E-state index in [4.69, 9.17) is 0 Å². The molecule has 2 aromatic rings. The lowest BCUT2D eigenvalue weighted by Crippen LogP contribution is -2.40. The first-order valence-corrected chi connectivity index (χ1v) is 6.03. The number of hydrogen-bond donors (Lipinski definition) is 1. The summed E-state index contributed by atoms with van der Waals surface area (Å²) in [7, 11) is 4.83. The van der Waals surface area contributed by atoms with Gasteiger partial charge in [-0.05, 0) is 26.0 Å². The average Bonchev–Trinajstić information content (AvgIpc) is 2.71. The van der Waals surface area contributed by atoms with E-state index in [9.17, 15) is 9.59 Å². The summed E-state index contributed by atoms with van der Waals surface area (Å²) in [5, 5.41) is 2.94. The van der Waals surface area contributed by atoms with E-state index in [-0.39, 0.29) is 11.2 Å². The molecule has 2 rings (SSSR count). The zero-order valence-corrected chi connectivity index (χ0v) is 11.8. The van der Waals surface area contributed by atoms with Crippen LogP contribution in [-0.4, -0.2) is 20.7 Å². The number of rotatable bonds is 2. The number of aromatic nitrogens is 3. The van der Waals surface area contributed by atoms with Crippen molar-refractivity contribution in [1.82, 2.24) is 13.7 Å². The molecule has 0 fully saturated rings. The summed E-state index contributed by atoms with van der Waals surface area (Å²) in [4.78, 5) is 24.4. The second-order valence-corrected chi connectivity index (χ2v) is 4.60. The fraction of sp³-hybridized carbons (Fsp3) is 0.385. The minimum Gasteiger partial charge on any atom is -0.373 e. The number of nitrogens with one attached hydrogen (secondary N) is 1. The molecule has 19 heavy (non-hydrogen) atoms. The Labute approximate surface area is 110 Å². The highest BCUT2D eigenvalue weighted by Crippen LogP contribution is 2.19. The van der Waals surface area contributed by atoms with Gasteiger partial charge in [-0.15, -0.1) is 0 Å². The lowest BCUT2D eigenvalue weighted by Gasteiger charge is -2.17. The van der Waals surface area contributed by atoms with Gasteiger partial charge in [0, 0.05) is 32.5 Å². The zero-order chi connectivity index (χ0) is 14.3. The Balaban J connectivity index is 3.00. The molecule has 0 saturated carbocycles. The number of aryl methyl sites for hydroxylation is 2. The highest BCUT2D eigenvalue weighted by atomic mass is 16.2. The monoisotopic (exact) mass is 262 g/mol. The van der Waals surface area contributed by atoms with Crippen LogP contribution >= 0.6 is 0 Å². The topological polar surface area (TPSA) is 61.0 Å². The van der Waals surface area contributed by atoms with Crippen molar-refractivity contribution in [2.45, 2.75) is 13.8 Å². The van der Waals surface area contributed by atoms with Gasteiger partial charge in [-0.2, -0.15) is 0 Å². The fourth-order valence-corrected chi connectivity index (χ4v) is 2.34. The molecular weight excluding hydrogens is 244 g/mol. The summed E-state index contributed by atoms with van der Waals surface area (Å²) >= 11 is 0. The predicted molar refractivity (Wildman–Crippen MR) is 75.3 cm³/mol. The summed E-state index contributed by atoms with van der Waals surface area (Å²) in [6.45, 7) is 3.86. The van der Waals surface area contributed by atoms with Crippen molar-refractivity contribution >= 4 is 5.82 Å². The van der Waals surface area contributed by atoms with Crippen LogP contribution < -0.4 is 16.6 Å². The maximum absolute atomic E-state index is 12.4. The third-order valence-electron chi connectivity index (χ3n) is 3.37. The van der Waals surface area contributed by atoms with Crippen molar-refractivity contribution in [2.75, 3.05) is 12.4 Å². The van der Waals surface area contributed by atoms with Crippen molar-refractivity contribution in [3.05, 3.63) is 44.4 Å². The molecule has 0 saturated heterocycles. The Morgan fingerprint density at radius 3 is 2.00 bits per heavy atom. The molecule has 2 heterocycles. The van der Waals surface area contributed by atoms with E-state index in [2.05, 4.69) is 5.32 Å². The molecule has 0 aliphatic carbocycles. The van der Waals surface area contributed by atoms with Crippen LogP contribution in [0.5, 0.6) is 0 Å². The quantitative estimate of drug-likeness (QED) is 0.859. The zero-order valence-electron chi connectivity index (χ0n) is 11.8. The SMILES string of the molecule is CNc1c(-n2c(C)ccc2C)c(=O)n(C)c(=O)n1C. The number of anilines is 1. The van der Waals surface area contributed by atoms with Crippen LogP contribution in [0, 0.1) is 13.8 Å². The lowest BCUT2D eigenvalue weighted by molar-refractivity contribution is 0.678. The van der Waals surface area contributed by atoms with Gasteiger partial charge in [-0.1, -0.05) is 0 Å². The van der Waals surface area contributed by atoms with Crippen LogP contribution in [0.25, 0.3) is 5.69 Å². The maximum atomic E-state index is 12.4. The van der Waals surface area contributed by atoms with Crippen LogP contribution in [0.4, 0.5) is 5.82 Å². The molecule has 1 N–H and O–H groups in total. The first-order chi connectivity index (χ1) is 8.90. The molecule has 0 amide bonds. The van der Waals surface area contributed by atoms with E-state index >= 15 is 0 Å². The van der Waals surface area contributed by atoms with Gasteiger partial charge in [-0.3, -0.25) is 13.9 Å². The molecule has 0 bridgehead atoms. The van der Waals surface area contributed by atoms with E-state index < -0.39 is 0 Å². The van der Waals surface area contributed by atoms with Gasteiger partial charge in [0.2, 0.25) is 0 Å². The van der Waals surface area contributed by atoms with Gasteiger partial charge in [0.15, 0.2) is 5.69 Å². The molecular formula is C13H18N4O2. The normalized spacial score (nSPS) is 10.8. The van der Waals surface area contributed by atoms with Crippen LogP contribution in [0.3, 0.4) is 0 Å². The van der Waals surface area contributed by atoms with Gasteiger partial charge in [-0.25, -0.2) is 4.79 Å². The molecule has 0 aliphatic rings. The highest BCUT2D eigenvalue weighted by molar-refractivity contribution is 5.56. The van der Waals surface area contributed by atoms with E-state index in [0.29, 0.717) is 11.5 Å². The van der Waals surface area contributed by atoms with Crippen LogP contribution in [0.1, 0.15) is 11.4 Å². The summed E-state index contributed by atoms with van der Waals surface area (Å²) in [5.74, 6) is 0.510. The van der Waals surface area contributed by atoms with Crippen LogP contribution in [-0.2, 0) is 14.1 Å². The van der Waals surface area contributed by atoms with Gasteiger partial charge < -0.3 is 9.88 Å². The summed E-state index contributed by atoms with van der Waals surface area (Å²) < 4.78 is 4.41. The summed E-state index contributed by atoms with van der Waals surface area (Å²) in [6, 6.07) is 3.89. The Bertz CT molecular complexity index is 730. The van der Waals surface area contributed by atoms with Gasteiger partial charge >= 0.3 is 5.69 Å². The summed E-state index contributed by atoms with van der Waals surface area (Å²) in [6.07, 6.45) is 0. The van der Waals surface area contributed by atoms with E-state index in [1.54, 1.807) is 14.1 Å². The fourth-order valence-electron chi connectivity index (χ4n) is 2.34. The Hall–Kier alpha value is -2.24. The number of nitrogens with zero attached hydrogens (tertiary/aromatic N) is 3. The molecule has 0 atom stereocenters. The largest absolute Gasteiger partial charge is 0.373 e. The van der Waals surface area contributed by atoms with Gasteiger partial charge in [0.1, 0.15) is 5.82 Å². The lowest BCUT2D eigenvalue weighted by atomic mass is 10.3. The van der Waals surface area contributed by atoms with Crippen molar-refractivity contribution < 1.29 is 0 Å². The van der Waals surface area contributed by atoms with Crippen molar-refractivity contribution in [2.24, 2.45) is 14.1 Å². The van der Waals surface area contributed by atoms with Crippen LogP contribution in [0.2, 0.25) is 0 Å². The van der Waals surface area contributed by atoms with E-state index in [1.807, 2.05) is 30.5 Å². The van der Waals surface area contributed by atoms with E-state index in [1.165, 1.54) is 11.6 Å². The minimum absolute atomic E-state index is 0.310. The Morgan fingerprint density at radius 1 is 1.00 bits per heavy atom. The van der Waals surface area contributed by atoms with Crippen LogP contribution in [0.15, 0.2) is 21.7 Å². The highest BCUT2D eigenvalue weighted by Gasteiger charge is 2.18. The standard InChI is InChI=1S/C13H18N4O2/c1-8-6-7-9(2)17(8)10-11(14-3)15(4)13(19)16(5)12(10)18/h6-7,14H,1-5H3. The first kappa shape index (κ1) is 13.2. The molecule has 0 unspecified atom stereocenters. The molecule has 0 radical (unpaired) electrons. The van der Waals surface area contributed by atoms with Crippen molar-refractivity contribution in [3.63, 3.8) is 0 Å². The number of hydrogen-bond acceptors (Lipinski definition) is 3. The maximum Gasteiger partial charge on any atom is 0.332 e.